The number of nitrogens with one attached hydrogen (secondary N) is 1. The highest BCUT2D eigenvalue weighted by molar-refractivity contribution is 7.13. The fourth-order valence-electron chi connectivity index (χ4n) is 4.34. The van der Waals surface area contributed by atoms with Crippen molar-refractivity contribution in [1.82, 2.24) is 19.7 Å². The maximum absolute atomic E-state index is 12.9. The van der Waals surface area contributed by atoms with E-state index in [4.69, 9.17) is 0 Å². The summed E-state index contributed by atoms with van der Waals surface area (Å²) in [6.45, 7) is 7.57. The van der Waals surface area contributed by atoms with Crippen molar-refractivity contribution in [2.24, 2.45) is 0 Å². The monoisotopic (exact) mass is 545 g/mol. The van der Waals surface area contributed by atoms with Crippen LogP contribution < -0.4 is 5.32 Å². The summed E-state index contributed by atoms with van der Waals surface area (Å²) in [6, 6.07) is 19.0. The minimum atomic E-state index is -0.322. The van der Waals surface area contributed by atoms with Gasteiger partial charge in [-0.3, -0.25) is 19.3 Å². The van der Waals surface area contributed by atoms with Gasteiger partial charge in [0.1, 0.15) is 6.54 Å². The third-order valence-electron chi connectivity index (χ3n) is 6.55. The number of hydrogen-bond donors (Lipinski definition) is 1. The molecular formula is C30H35N5O3S. The van der Waals surface area contributed by atoms with Crippen molar-refractivity contribution in [3.05, 3.63) is 88.9 Å². The second-order valence-corrected chi connectivity index (χ2v) is 10.6. The summed E-state index contributed by atoms with van der Waals surface area (Å²) in [5, 5.41) is 5.00. The molecule has 4 rings (SSSR count). The summed E-state index contributed by atoms with van der Waals surface area (Å²) >= 11 is 1.28. The predicted molar refractivity (Wildman–Crippen MR) is 156 cm³/mol. The first-order valence-electron chi connectivity index (χ1n) is 13.2. The van der Waals surface area contributed by atoms with E-state index in [2.05, 4.69) is 39.5 Å². The van der Waals surface area contributed by atoms with Gasteiger partial charge in [0, 0.05) is 49.7 Å². The Morgan fingerprint density at radius 3 is 2.33 bits per heavy atom. The average Bonchev–Trinajstić information content (AvgIpc) is 3.39. The molecule has 3 aromatic rings. The molecule has 0 saturated carbocycles. The van der Waals surface area contributed by atoms with E-state index in [1.807, 2.05) is 43.0 Å². The minimum Gasteiger partial charge on any atom is -0.340 e. The first-order valence-corrected chi connectivity index (χ1v) is 14.1. The number of carbonyl (C=O) groups excluding carboxylic acids is 3. The van der Waals surface area contributed by atoms with Crippen LogP contribution in [0.4, 0.5) is 5.13 Å². The Morgan fingerprint density at radius 1 is 1.00 bits per heavy atom. The number of amides is 3. The minimum absolute atomic E-state index is 0.0390. The van der Waals surface area contributed by atoms with Crippen molar-refractivity contribution in [3.63, 3.8) is 0 Å². The lowest BCUT2D eigenvalue weighted by molar-refractivity contribution is -0.132. The second kappa shape index (κ2) is 13.8. The molecule has 0 aliphatic carbocycles. The van der Waals surface area contributed by atoms with Gasteiger partial charge in [-0.1, -0.05) is 60.7 Å². The van der Waals surface area contributed by atoms with Crippen molar-refractivity contribution in [3.8, 4) is 0 Å². The molecule has 1 fully saturated rings. The third-order valence-corrected chi connectivity index (χ3v) is 7.35. The zero-order chi connectivity index (χ0) is 27.6. The number of nitrogens with zero attached hydrogens (tertiary/aromatic N) is 4. The normalized spacial score (nSPS) is 14.1. The van der Waals surface area contributed by atoms with Crippen LogP contribution in [0, 0.1) is 0 Å². The maximum Gasteiger partial charge on any atom is 0.254 e. The number of carbonyl (C=O) groups is 3. The highest BCUT2D eigenvalue weighted by atomic mass is 32.1. The van der Waals surface area contributed by atoms with Crippen molar-refractivity contribution in [2.45, 2.75) is 26.3 Å². The van der Waals surface area contributed by atoms with E-state index in [-0.39, 0.29) is 36.7 Å². The van der Waals surface area contributed by atoms with E-state index in [0.717, 1.165) is 19.6 Å². The number of thiazole rings is 1. The van der Waals surface area contributed by atoms with Gasteiger partial charge in [-0.05, 0) is 31.5 Å². The first-order chi connectivity index (χ1) is 18.9. The van der Waals surface area contributed by atoms with Gasteiger partial charge in [0.15, 0.2) is 5.13 Å². The van der Waals surface area contributed by atoms with Crippen LogP contribution in [-0.4, -0.2) is 82.7 Å². The van der Waals surface area contributed by atoms with Crippen molar-refractivity contribution in [1.29, 1.82) is 0 Å². The largest absolute Gasteiger partial charge is 0.340 e. The summed E-state index contributed by atoms with van der Waals surface area (Å²) in [6.07, 6.45) is 4.48. The lowest BCUT2D eigenvalue weighted by atomic mass is 10.1. The molecule has 2 heterocycles. The summed E-state index contributed by atoms with van der Waals surface area (Å²) < 4.78 is 0. The number of rotatable bonds is 10. The molecule has 0 radical (unpaired) electrons. The van der Waals surface area contributed by atoms with Gasteiger partial charge < -0.3 is 15.1 Å². The maximum atomic E-state index is 12.9. The molecule has 8 nitrogen and oxygen atoms in total. The van der Waals surface area contributed by atoms with Gasteiger partial charge >= 0.3 is 0 Å². The van der Waals surface area contributed by atoms with Gasteiger partial charge in [-0.25, -0.2) is 4.98 Å². The topological polar surface area (TPSA) is 85.8 Å². The zero-order valence-corrected chi connectivity index (χ0v) is 23.3. The van der Waals surface area contributed by atoms with Crippen LogP contribution in [0.2, 0.25) is 0 Å². The molecule has 39 heavy (non-hydrogen) atoms. The van der Waals surface area contributed by atoms with Crippen molar-refractivity contribution in [2.75, 3.05) is 44.6 Å². The zero-order valence-electron chi connectivity index (χ0n) is 22.5. The molecule has 0 unspecified atom stereocenters. The number of piperazine rings is 1. The summed E-state index contributed by atoms with van der Waals surface area (Å²) in [7, 11) is 0. The molecule has 3 amide bonds. The lowest BCUT2D eigenvalue weighted by Crippen LogP contribution is -2.49. The van der Waals surface area contributed by atoms with Crippen LogP contribution in [0.3, 0.4) is 0 Å². The van der Waals surface area contributed by atoms with E-state index in [9.17, 15) is 14.4 Å². The number of hydrogen-bond acceptors (Lipinski definition) is 6. The smallest absolute Gasteiger partial charge is 0.254 e. The van der Waals surface area contributed by atoms with Gasteiger partial charge in [0.05, 0.1) is 12.1 Å². The van der Waals surface area contributed by atoms with E-state index in [0.29, 0.717) is 29.5 Å². The van der Waals surface area contributed by atoms with Gasteiger partial charge in [0.2, 0.25) is 11.8 Å². The Morgan fingerprint density at radius 2 is 1.67 bits per heavy atom. The van der Waals surface area contributed by atoms with Crippen LogP contribution in [0.5, 0.6) is 0 Å². The molecule has 0 atom stereocenters. The Balaban J connectivity index is 1.22. The quantitative estimate of drug-likeness (QED) is 0.416. The van der Waals surface area contributed by atoms with E-state index in [1.165, 1.54) is 21.8 Å². The number of aromatic nitrogens is 1. The summed E-state index contributed by atoms with van der Waals surface area (Å²) in [5.41, 5.74) is 2.36. The molecular weight excluding hydrogens is 510 g/mol. The van der Waals surface area contributed by atoms with Gasteiger partial charge in [0.25, 0.3) is 5.91 Å². The third kappa shape index (κ3) is 8.33. The lowest BCUT2D eigenvalue weighted by Gasteiger charge is -2.34. The van der Waals surface area contributed by atoms with Crippen molar-refractivity contribution >= 4 is 40.3 Å². The molecule has 1 aromatic heterocycles. The second-order valence-electron chi connectivity index (χ2n) is 9.76. The molecule has 0 bridgehead atoms. The number of anilines is 1. The first kappa shape index (κ1) is 28.2. The Kier molecular flexibility index (Phi) is 9.99. The van der Waals surface area contributed by atoms with Crippen LogP contribution in [-0.2, 0) is 16.0 Å². The number of benzene rings is 2. The fourth-order valence-corrected chi connectivity index (χ4v) is 5.07. The molecule has 204 valence electrons. The van der Waals surface area contributed by atoms with Crippen molar-refractivity contribution < 1.29 is 14.4 Å². The SMILES string of the molecule is CC(C)N(CC(=O)Nc1nc(CC(=O)N2CCN(CC=Cc3ccccc3)CC2)cs1)C(=O)c1ccccc1. The predicted octanol–water partition coefficient (Wildman–Crippen LogP) is 4.03. The van der Waals surface area contributed by atoms with E-state index < -0.39 is 0 Å². The molecule has 1 N–H and O–H groups in total. The van der Waals surface area contributed by atoms with Crippen LogP contribution in [0.15, 0.2) is 72.1 Å². The van der Waals surface area contributed by atoms with Gasteiger partial charge in [-0.15, -0.1) is 11.3 Å². The Bertz CT molecular complexity index is 1270. The standard InChI is InChI=1S/C30H35N5O3S/c1-23(2)35(29(38)25-13-7-4-8-14-25)21-27(36)32-30-31-26(22-39-30)20-28(37)34-18-16-33(17-19-34)15-9-12-24-10-5-3-6-11-24/h3-14,22-23H,15-21H2,1-2H3,(H,31,32,36). The highest BCUT2D eigenvalue weighted by Crippen LogP contribution is 2.17. The Hall–Kier alpha value is -3.82. The highest BCUT2D eigenvalue weighted by Gasteiger charge is 2.23. The van der Waals surface area contributed by atoms with Crippen LogP contribution in [0.25, 0.3) is 6.08 Å². The van der Waals surface area contributed by atoms with Crippen LogP contribution in [0.1, 0.15) is 35.5 Å². The summed E-state index contributed by atoms with van der Waals surface area (Å²) in [5.74, 6) is -0.478. The molecule has 0 spiro atoms. The molecule has 1 aliphatic rings. The van der Waals surface area contributed by atoms with E-state index >= 15 is 0 Å². The Labute approximate surface area is 233 Å². The molecule has 1 saturated heterocycles. The fraction of sp³-hybridized carbons (Fsp3) is 0.333. The van der Waals surface area contributed by atoms with Gasteiger partial charge in [-0.2, -0.15) is 0 Å². The average molecular weight is 546 g/mol. The summed E-state index contributed by atoms with van der Waals surface area (Å²) in [4.78, 5) is 48.6. The molecule has 1 aliphatic heterocycles. The molecule has 9 heteroatoms. The van der Waals surface area contributed by atoms with E-state index in [1.54, 1.807) is 29.6 Å². The van der Waals surface area contributed by atoms with Crippen LogP contribution >= 0.6 is 11.3 Å². The molecule has 2 aromatic carbocycles.